The van der Waals surface area contributed by atoms with E-state index in [0.29, 0.717) is 60.4 Å². The van der Waals surface area contributed by atoms with Crippen LogP contribution in [0.4, 0.5) is 0 Å². The summed E-state index contributed by atoms with van der Waals surface area (Å²) >= 11 is 0. The van der Waals surface area contributed by atoms with Gasteiger partial charge in [-0.05, 0) is 56.8 Å². The molecule has 206 valence electrons. The largest absolute Gasteiger partial charge is 0.507 e. The van der Waals surface area contributed by atoms with Crippen molar-refractivity contribution in [1.29, 1.82) is 0 Å². The van der Waals surface area contributed by atoms with Crippen LogP contribution in [0.5, 0.6) is 23.0 Å². The number of carbonyl (C=O) groups excluding carboxylic acids is 2. The summed E-state index contributed by atoms with van der Waals surface area (Å²) in [6.45, 7) is 11.1. The van der Waals surface area contributed by atoms with Crippen LogP contribution < -0.4 is 18.9 Å². The molecule has 9 heteroatoms. The first-order valence-corrected chi connectivity index (χ1v) is 13.0. The molecule has 1 aliphatic rings. The van der Waals surface area contributed by atoms with Crippen molar-refractivity contribution in [1.82, 2.24) is 9.80 Å². The first-order valence-electron chi connectivity index (χ1n) is 13.0. The van der Waals surface area contributed by atoms with Gasteiger partial charge in [-0.25, -0.2) is 0 Å². The molecule has 0 aliphatic carbocycles. The smallest absolute Gasteiger partial charge is 0.295 e. The molecule has 0 spiro atoms. The quantitative estimate of drug-likeness (QED) is 0.235. The lowest BCUT2D eigenvalue weighted by Crippen LogP contribution is -2.38. The Morgan fingerprint density at radius 2 is 1.58 bits per heavy atom. The van der Waals surface area contributed by atoms with Crippen LogP contribution in [0.2, 0.25) is 0 Å². The van der Waals surface area contributed by atoms with Crippen molar-refractivity contribution in [3.63, 3.8) is 0 Å². The van der Waals surface area contributed by atoms with E-state index in [1.54, 1.807) is 36.4 Å². The molecule has 0 radical (unpaired) electrons. The van der Waals surface area contributed by atoms with Crippen LogP contribution in [0.1, 0.15) is 44.9 Å². The van der Waals surface area contributed by atoms with E-state index in [9.17, 15) is 14.7 Å². The minimum absolute atomic E-state index is 0.00752. The van der Waals surface area contributed by atoms with Crippen molar-refractivity contribution < 1.29 is 33.6 Å². The highest BCUT2D eigenvalue weighted by molar-refractivity contribution is 6.46. The van der Waals surface area contributed by atoms with E-state index in [4.69, 9.17) is 18.9 Å². The molecule has 38 heavy (non-hydrogen) atoms. The number of ketones is 1. The van der Waals surface area contributed by atoms with E-state index in [0.717, 1.165) is 13.1 Å². The Morgan fingerprint density at radius 3 is 2.18 bits per heavy atom. The molecule has 1 amide bonds. The number of likely N-dealkylation sites (N-methyl/N-ethyl adjacent to an activating group) is 1. The van der Waals surface area contributed by atoms with Crippen molar-refractivity contribution >= 4 is 17.4 Å². The zero-order valence-corrected chi connectivity index (χ0v) is 23.1. The molecular weight excluding hydrogens is 488 g/mol. The van der Waals surface area contributed by atoms with Gasteiger partial charge >= 0.3 is 0 Å². The molecule has 2 aromatic rings. The zero-order valence-electron chi connectivity index (χ0n) is 23.1. The number of aliphatic hydroxyl groups is 1. The van der Waals surface area contributed by atoms with E-state index in [2.05, 4.69) is 4.90 Å². The van der Waals surface area contributed by atoms with Gasteiger partial charge in [0.05, 0.1) is 44.6 Å². The number of likely N-dealkylation sites (tertiary alicyclic amines) is 1. The summed E-state index contributed by atoms with van der Waals surface area (Å²) in [5.74, 6) is 0.178. The predicted octanol–water partition coefficient (Wildman–Crippen LogP) is 4.26. The molecule has 1 atom stereocenters. The molecule has 9 nitrogen and oxygen atoms in total. The number of ether oxygens (including phenoxy) is 4. The number of carbonyl (C=O) groups is 2. The van der Waals surface area contributed by atoms with Crippen LogP contribution in [0.3, 0.4) is 0 Å². The summed E-state index contributed by atoms with van der Waals surface area (Å²) in [6.07, 6.45) is 0. The van der Waals surface area contributed by atoms with Gasteiger partial charge < -0.3 is 33.9 Å². The molecule has 1 N–H and O–H groups in total. The summed E-state index contributed by atoms with van der Waals surface area (Å²) in [5, 5.41) is 11.6. The number of rotatable bonds is 13. The van der Waals surface area contributed by atoms with Gasteiger partial charge in [0.15, 0.2) is 11.5 Å². The minimum Gasteiger partial charge on any atom is -0.507 e. The number of nitrogens with zero attached hydrogens (tertiary/aromatic N) is 2. The van der Waals surface area contributed by atoms with Crippen molar-refractivity contribution in [2.24, 2.45) is 0 Å². The highest BCUT2D eigenvalue weighted by atomic mass is 16.5. The molecule has 1 saturated heterocycles. The van der Waals surface area contributed by atoms with Crippen LogP contribution in [-0.2, 0) is 9.59 Å². The number of amides is 1. The second-order valence-corrected chi connectivity index (χ2v) is 8.66. The standard InChI is InChI=1S/C29H38N2O7/c1-7-30(8-2)15-16-31-26(19-11-14-22(35-5)24(17-19)36-6)25(28(33)29(31)34)27(32)21-13-12-20(37-9-3)18-23(21)38-10-4/h11-14,17-18,26,32H,7-10,15-16H2,1-6H3/b27-25+. The maximum absolute atomic E-state index is 13.5. The summed E-state index contributed by atoms with van der Waals surface area (Å²) in [6, 6.07) is 9.41. The average molecular weight is 527 g/mol. The summed E-state index contributed by atoms with van der Waals surface area (Å²) < 4.78 is 22.2. The van der Waals surface area contributed by atoms with E-state index < -0.39 is 17.7 Å². The number of hydrogen-bond acceptors (Lipinski definition) is 8. The maximum Gasteiger partial charge on any atom is 0.295 e. The Kier molecular flexibility index (Phi) is 10.0. The lowest BCUT2D eigenvalue weighted by Gasteiger charge is -2.28. The number of hydrogen-bond donors (Lipinski definition) is 1. The number of benzene rings is 2. The van der Waals surface area contributed by atoms with Gasteiger partial charge in [0, 0.05) is 19.2 Å². The Morgan fingerprint density at radius 1 is 0.895 bits per heavy atom. The molecule has 1 unspecified atom stereocenters. The summed E-state index contributed by atoms with van der Waals surface area (Å²) in [7, 11) is 3.06. The lowest BCUT2D eigenvalue weighted by atomic mass is 9.94. The van der Waals surface area contributed by atoms with Crippen molar-refractivity contribution in [2.45, 2.75) is 33.7 Å². The van der Waals surface area contributed by atoms with E-state index in [1.165, 1.54) is 19.1 Å². The van der Waals surface area contributed by atoms with Crippen molar-refractivity contribution in [2.75, 3.05) is 53.6 Å². The monoisotopic (exact) mass is 526 g/mol. The number of aliphatic hydroxyl groups excluding tert-OH is 1. The Hall–Kier alpha value is -3.72. The van der Waals surface area contributed by atoms with E-state index >= 15 is 0 Å². The highest BCUT2D eigenvalue weighted by Gasteiger charge is 2.46. The van der Waals surface area contributed by atoms with E-state index in [1.807, 2.05) is 27.7 Å². The van der Waals surface area contributed by atoms with Gasteiger partial charge in [-0.2, -0.15) is 0 Å². The molecule has 1 aliphatic heterocycles. The first-order chi connectivity index (χ1) is 18.3. The molecule has 1 fully saturated rings. The van der Waals surface area contributed by atoms with Crippen LogP contribution in [-0.4, -0.2) is 80.2 Å². The minimum atomic E-state index is -0.827. The fourth-order valence-corrected chi connectivity index (χ4v) is 4.64. The molecule has 1 heterocycles. The Bertz CT molecular complexity index is 1170. The normalized spacial score (nSPS) is 16.7. The third-order valence-corrected chi connectivity index (χ3v) is 6.63. The fraction of sp³-hybridized carbons (Fsp3) is 0.448. The third-order valence-electron chi connectivity index (χ3n) is 6.63. The van der Waals surface area contributed by atoms with Gasteiger partial charge in [-0.3, -0.25) is 9.59 Å². The van der Waals surface area contributed by atoms with E-state index in [-0.39, 0.29) is 11.3 Å². The highest BCUT2D eigenvalue weighted by Crippen LogP contribution is 2.43. The Labute approximate surface area is 224 Å². The van der Waals surface area contributed by atoms with Gasteiger partial charge in [0.1, 0.15) is 17.3 Å². The summed E-state index contributed by atoms with van der Waals surface area (Å²) in [5.41, 5.74) is 0.918. The topological polar surface area (TPSA) is 97.8 Å². The second kappa shape index (κ2) is 13.2. The number of Topliss-reactive ketones (excluding diaryl/α,β-unsaturated/α-hetero) is 1. The molecule has 3 rings (SSSR count). The van der Waals surface area contributed by atoms with Gasteiger partial charge in [-0.15, -0.1) is 0 Å². The molecule has 0 saturated carbocycles. The van der Waals surface area contributed by atoms with Crippen LogP contribution in [0, 0.1) is 0 Å². The third kappa shape index (κ3) is 5.88. The summed E-state index contributed by atoms with van der Waals surface area (Å²) in [4.78, 5) is 30.5. The molecular formula is C29H38N2O7. The van der Waals surface area contributed by atoms with Crippen LogP contribution in [0.25, 0.3) is 5.76 Å². The Balaban J connectivity index is 2.20. The van der Waals surface area contributed by atoms with Gasteiger partial charge in [-0.1, -0.05) is 19.9 Å². The number of methoxy groups -OCH3 is 2. The van der Waals surface area contributed by atoms with Gasteiger partial charge in [0.25, 0.3) is 11.7 Å². The lowest BCUT2D eigenvalue weighted by molar-refractivity contribution is -0.140. The molecule has 2 aromatic carbocycles. The second-order valence-electron chi connectivity index (χ2n) is 8.66. The first kappa shape index (κ1) is 28.8. The van der Waals surface area contributed by atoms with Crippen molar-refractivity contribution in [3.8, 4) is 23.0 Å². The zero-order chi connectivity index (χ0) is 27.8. The average Bonchev–Trinajstić information content (AvgIpc) is 3.18. The SMILES string of the molecule is CCOc1ccc(/C(O)=C2\C(=O)C(=O)N(CCN(CC)CC)C2c2ccc(OC)c(OC)c2)c(OCC)c1. The predicted molar refractivity (Wildman–Crippen MR) is 145 cm³/mol. The molecule has 0 bridgehead atoms. The fourth-order valence-electron chi connectivity index (χ4n) is 4.64. The van der Waals surface area contributed by atoms with Crippen molar-refractivity contribution in [3.05, 3.63) is 53.1 Å². The van der Waals surface area contributed by atoms with Crippen LogP contribution >= 0.6 is 0 Å². The van der Waals surface area contributed by atoms with Crippen LogP contribution in [0.15, 0.2) is 42.0 Å². The molecule has 0 aromatic heterocycles. The van der Waals surface area contributed by atoms with Gasteiger partial charge in [0.2, 0.25) is 0 Å². The maximum atomic E-state index is 13.5.